The van der Waals surface area contributed by atoms with Crippen LogP contribution >= 0.6 is 11.3 Å². The fourth-order valence-corrected chi connectivity index (χ4v) is 4.94. The van der Waals surface area contributed by atoms with Crippen molar-refractivity contribution in [1.82, 2.24) is 0 Å². The Bertz CT molecular complexity index is 571. The van der Waals surface area contributed by atoms with Gasteiger partial charge in [0, 0.05) is 23.3 Å². The van der Waals surface area contributed by atoms with Crippen LogP contribution in [0.5, 0.6) is 0 Å². The Kier molecular flexibility index (Phi) is 6.53. The van der Waals surface area contributed by atoms with Gasteiger partial charge in [-0.05, 0) is 23.4 Å². The summed E-state index contributed by atoms with van der Waals surface area (Å²) >= 11 is 1.21. The molecule has 0 amide bonds. The van der Waals surface area contributed by atoms with Crippen LogP contribution in [-0.4, -0.2) is 96.8 Å². The van der Waals surface area contributed by atoms with E-state index in [1.807, 2.05) is 0 Å². The lowest BCUT2D eigenvalue weighted by Crippen LogP contribution is -2.55. The predicted octanol–water partition coefficient (Wildman–Crippen LogP) is -2.56. The van der Waals surface area contributed by atoms with Crippen LogP contribution in [0.2, 0.25) is 0 Å². The molecule has 0 radical (unpaired) electrons. The Morgan fingerprint density at radius 3 is 2.15 bits per heavy atom. The minimum absolute atomic E-state index is 0.265. The molecule has 1 aliphatic heterocycles. The molecule has 27 heavy (non-hydrogen) atoms. The first-order chi connectivity index (χ1) is 12.8. The summed E-state index contributed by atoms with van der Waals surface area (Å²) in [7, 11) is 0. The average Bonchev–Trinajstić information content (AvgIpc) is 3.14. The third-order valence-electron chi connectivity index (χ3n) is 5.63. The summed E-state index contributed by atoms with van der Waals surface area (Å²) in [5.74, 6) is -1.11. The molecule has 0 unspecified atom stereocenters. The van der Waals surface area contributed by atoms with E-state index >= 15 is 0 Å². The molecule has 9 nitrogen and oxygen atoms in total. The molecule has 8 N–H and O–H groups in total. The fourth-order valence-electron chi connectivity index (χ4n) is 3.89. The number of hydrogen-bond acceptors (Lipinski definition) is 10. The highest BCUT2D eigenvalue weighted by Crippen LogP contribution is 2.41. The molecule has 1 aliphatic carbocycles. The summed E-state index contributed by atoms with van der Waals surface area (Å²) in [6, 6.07) is 1.66. The van der Waals surface area contributed by atoms with Crippen LogP contribution in [-0.2, 0) is 4.74 Å². The molecular formula is C17H26O9S. The summed E-state index contributed by atoms with van der Waals surface area (Å²) in [6.07, 6.45) is -9.88. The molecule has 154 valence electrons. The summed E-state index contributed by atoms with van der Waals surface area (Å²) in [6.45, 7) is -0.853. The molecule has 1 aromatic heterocycles. The Morgan fingerprint density at radius 1 is 0.852 bits per heavy atom. The number of aliphatic hydroxyl groups excluding tert-OH is 8. The average molecular weight is 406 g/mol. The van der Waals surface area contributed by atoms with Gasteiger partial charge in [0.2, 0.25) is 0 Å². The quantitative estimate of drug-likeness (QED) is 0.268. The summed E-state index contributed by atoms with van der Waals surface area (Å²) in [5.41, 5.74) is 0.642. The van der Waals surface area contributed by atoms with Crippen LogP contribution in [0.3, 0.4) is 0 Å². The van der Waals surface area contributed by atoms with Crippen LogP contribution in [0.1, 0.15) is 28.9 Å². The van der Waals surface area contributed by atoms with Gasteiger partial charge in [-0.1, -0.05) is 0 Å². The van der Waals surface area contributed by atoms with Crippen LogP contribution in [0.4, 0.5) is 0 Å². The predicted molar refractivity (Wildman–Crippen MR) is 93.0 cm³/mol. The summed E-state index contributed by atoms with van der Waals surface area (Å²) < 4.78 is 5.53. The highest BCUT2D eigenvalue weighted by Gasteiger charge is 2.46. The van der Waals surface area contributed by atoms with Gasteiger partial charge in [-0.15, -0.1) is 11.3 Å². The first-order valence-electron chi connectivity index (χ1n) is 8.84. The lowest BCUT2D eigenvalue weighted by atomic mass is 9.73. The second kappa shape index (κ2) is 8.37. The van der Waals surface area contributed by atoms with E-state index in [-0.39, 0.29) is 13.0 Å². The molecular weight excluding hydrogens is 380 g/mol. The van der Waals surface area contributed by atoms with Crippen molar-refractivity contribution in [3.63, 3.8) is 0 Å². The zero-order chi connectivity index (χ0) is 19.9. The number of hydrogen-bond donors (Lipinski definition) is 8. The van der Waals surface area contributed by atoms with Crippen molar-refractivity contribution in [2.75, 3.05) is 13.2 Å². The Labute approximate surface area is 159 Å². The molecule has 2 fully saturated rings. The van der Waals surface area contributed by atoms with Crippen molar-refractivity contribution < 1.29 is 45.6 Å². The third kappa shape index (κ3) is 3.79. The molecule has 10 heteroatoms. The molecule has 2 aliphatic rings. The SMILES string of the molecule is OC[C@H]1C[C@H](c2csc([C@H]3O[C@H](CO)[C@@H](O)[C@H](O)[C@@H]3O)c2)[C@@H](O)[C@@H](O)[C@@H]1O. The van der Waals surface area contributed by atoms with Crippen molar-refractivity contribution in [3.05, 3.63) is 21.9 Å². The van der Waals surface area contributed by atoms with E-state index in [9.17, 15) is 40.9 Å². The number of aliphatic hydroxyl groups is 8. The Morgan fingerprint density at radius 2 is 1.52 bits per heavy atom. The maximum absolute atomic E-state index is 10.3. The highest BCUT2D eigenvalue weighted by atomic mass is 32.1. The normalized spacial score (nSPS) is 45.8. The standard InChI is InChI=1S/C17H26O9S/c18-3-6-1-8(12(21)14(23)11(6)20)7-2-10(27-5-7)17-16(25)15(24)13(22)9(4-19)26-17/h2,5-6,8-9,11-25H,1,3-4H2/t6-,8-,9-,11-,12-,13-,14+,15+,16+,17-/m1/s1. The topological polar surface area (TPSA) is 171 Å². The van der Waals surface area contributed by atoms with Crippen molar-refractivity contribution in [3.8, 4) is 0 Å². The molecule has 0 spiro atoms. The largest absolute Gasteiger partial charge is 0.396 e. The van der Waals surface area contributed by atoms with Gasteiger partial charge in [0.25, 0.3) is 0 Å². The highest BCUT2D eigenvalue weighted by molar-refractivity contribution is 7.10. The van der Waals surface area contributed by atoms with Gasteiger partial charge in [0.1, 0.15) is 36.6 Å². The van der Waals surface area contributed by atoms with Crippen molar-refractivity contribution in [2.45, 2.75) is 61.2 Å². The fraction of sp³-hybridized carbons (Fsp3) is 0.765. The van der Waals surface area contributed by atoms with Crippen LogP contribution in [0.15, 0.2) is 11.4 Å². The van der Waals surface area contributed by atoms with E-state index in [4.69, 9.17) is 4.74 Å². The lowest BCUT2D eigenvalue weighted by molar-refractivity contribution is -0.230. The third-order valence-corrected chi connectivity index (χ3v) is 6.64. The molecule has 1 saturated heterocycles. The molecule has 10 atom stereocenters. The maximum atomic E-state index is 10.3. The van der Waals surface area contributed by atoms with Gasteiger partial charge in [0.05, 0.1) is 18.8 Å². The second-order valence-electron chi connectivity index (χ2n) is 7.29. The van der Waals surface area contributed by atoms with E-state index < -0.39 is 67.3 Å². The van der Waals surface area contributed by atoms with E-state index in [2.05, 4.69) is 0 Å². The van der Waals surface area contributed by atoms with Crippen molar-refractivity contribution in [1.29, 1.82) is 0 Å². The van der Waals surface area contributed by atoms with Gasteiger partial charge in [0.15, 0.2) is 0 Å². The molecule has 1 saturated carbocycles. The van der Waals surface area contributed by atoms with E-state index in [1.165, 1.54) is 11.3 Å². The molecule has 2 heterocycles. The van der Waals surface area contributed by atoms with E-state index in [0.29, 0.717) is 10.4 Å². The summed E-state index contributed by atoms with van der Waals surface area (Å²) in [5, 5.41) is 80.8. The van der Waals surface area contributed by atoms with E-state index in [1.54, 1.807) is 11.4 Å². The number of rotatable bonds is 4. The second-order valence-corrected chi connectivity index (χ2v) is 8.23. The Balaban J connectivity index is 1.82. The zero-order valence-electron chi connectivity index (χ0n) is 14.4. The van der Waals surface area contributed by atoms with Crippen LogP contribution in [0.25, 0.3) is 0 Å². The van der Waals surface area contributed by atoms with Gasteiger partial charge in [-0.3, -0.25) is 0 Å². The number of ether oxygens (including phenoxy) is 1. The molecule has 3 rings (SSSR count). The van der Waals surface area contributed by atoms with Crippen molar-refractivity contribution in [2.24, 2.45) is 5.92 Å². The van der Waals surface area contributed by atoms with E-state index in [0.717, 1.165) is 0 Å². The van der Waals surface area contributed by atoms with Gasteiger partial charge >= 0.3 is 0 Å². The lowest BCUT2D eigenvalue weighted by Gasteiger charge is -2.40. The zero-order valence-corrected chi connectivity index (χ0v) is 15.3. The monoisotopic (exact) mass is 406 g/mol. The number of thiophene rings is 1. The molecule has 0 bridgehead atoms. The van der Waals surface area contributed by atoms with Gasteiger partial charge in [-0.2, -0.15) is 0 Å². The minimum Gasteiger partial charge on any atom is -0.396 e. The molecule has 1 aromatic rings. The maximum Gasteiger partial charge on any atom is 0.121 e. The van der Waals surface area contributed by atoms with Crippen LogP contribution < -0.4 is 0 Å². The first kappa shape index (κ1) is 21.1. The van der Waals surface area contributed by atoms with Crippen LogP contribution in [0, 0.1) is 5.92 Å². The Hall–Kier alpha value is -0.660. The van der Waals surface area contributed by atoms with Gasteiger partial charge < -0.3 is 45.6 Å². The molecule has 0 aromatic carbocycles. The van der Waals surface area contributed by atoms with Gasteiger partial charge in [-0.25, -0.2) is 0 Å². The minimum atomic E-state index is -1.48. The van der Waals surface area contributed by atoms with Crippen molar-refractivity contribution >= 4 is 11.3 Å². The smallest absolute Gasteiger partial charge is 0.121 e. The first-order valence-corrected chi connectivity index (χ1v) is 9.72. The summed E-state index contributed by atoms with van der Waals surface area (Å²) in [4.78, 5) is 0.523.